The number of carbonyl (C=O) groups excluding carboxylic acids is 2. The maximum atomic E-state index is 12.4. The van der Waals surface area contributed by atoms with Gasteiger partial charge in [0.2, 0.25) is 5.91 Å². The topological polar surface area (TPSA) is 114 Å². The van der Waals surface area contributed by atoms with Gasteiger partial charge in [0.25, 0.3) is 0 Å². The molecule has 9 nitrogen and oxygen atoms in total. The molecule has 3 atom stereocenters. The fourth-order valence-electron chi connectivity index (χ4n) is 3.84. The van der Waals surface area contributed by atoms with E-state index in [4.69, 9.17) is 4.74 Å². The Labute approximate surface area is 192 Å². The second-order valence-corrected chi connectivity index (χ2v) is 9.44. The minimum atomic E-state index is -4.37. The summed E-state index contributed by atoms with van der Waals surface area (Å²) in [4.78, 5) is 24.3. The number of nitrogens with one attached hydrogen (secondary N) is 3. The normalized spacial score (nSPS) is 21.6. The number of nitrogens with zero attached hydrogens (tertiary/aromatic N) is 3. The number of amides is 2. The maximum absolute atomic E-state index is 12.4. The summed E-state index contributed by atoms with van der Waals surface area (Å²) >= 11 is 0. The lowest BCUT2D eigenvalue weighted by Gasteiger charge is -2.22. The highest BCUT2D eigenvalue weighted by Gasteiger charge is 2.40. The van der Waals surface area contributed by atoms with Crippen LogP contribution in [-0.2, 0) is 28.0 Å². The zero-order valence-electron chi connectivity index (χ0n) is 18.5. The van der Waals surface area contributed by atoms with E-state index in [0.717, 1.165) is 11.3 Å². The molecule has 1 saturated carbocycles. The highest BCUT2D eigenvalue weighted by Crippen LogP contribution is 2.39. The molecule has 13 heteroatoms. The van der Waals surface area contributed by atoms with Crippen molar-refractivity contribution >= 4 is 28.1 Å². The number of carbonyl (C=O) groups is 2. The van der Waals surface area contributed by atoms with Gasteiger partial charge in [-0.25, -0.2) is 4.79 Å². The molecule has 179 valence electrons. The minimum absolute atomic E-state index is 0.165. The van der Waals surface area contributed by atoms with E-state index in [2.05, 4.69) is 36.2 Å². The van der Waals surface area contributed by atoms with Gasteiger partial charge in [0.15, 0.2) is 5.82 Å². The lowest BCUT2D eigenvalue weighted by molar-refractivity contribution is -0.138. The molecule has 1 fully saturated rings. The first kappa shape index (κ1) is 24.8. The van der Waals surface area contributed by atoms with Crippen molar-refractivity contribution in [1.29, 1.82) is 0 Å². The molecule has 2 amide bonds. The molecule has 0 saturated heterocycles. The SMILES string of the molecule is Cc1c(CC(=O)Nc2cc([C@@]3([Si])CCC(OC(=O)NC(C)CC(F)(F)F)C3)[nH]n2)cnn1C. The number of ether oxygens (including phenoxy) is 1. The molecular formula is C20H26F3N6O3Si. The van der Waals surface area contributed by atoms with E-state index < -0.39 is 35.9 Å². The van der Waals surface area contributed by atoms with Gasteiger partial charge >= 0.3 is 12.3 Å². The average Bonchev–Trinajstić information content (AvgIpc) is 3.37. The number of alkyl carbamates (subject to hydrolysis) is 1. The number of aromatic amines is 1. The summed E-state index contributed by atoms with van der Waals surface area (Å²) in [6.07, 6.45) is -3.51. The minimum Gasteiger partial charge on any atom is -0.446 e. The molecule has 33 heavy (non-hydrogen) atoms. The van der Waals surface area contributed by atoms with Gasteiger partial charge in [0.05, 0.1) is 19.0 Å². The zero-order chi connectivity index (χ0) is 24.4. The van der Waals surface area contributed by atoms with Gasteiger partial charge in [0.1, 0.15) is 6.10 Å². The number of rotatable bonds is 7. The summed E-state index contributed by atoms with van der Waals surface area (Å²) in [6, 6.07) is 0.621. The Morgan fingerprint density at radius 1 is 1.45 bits per heavy atom. The summed E-state index contributed by atoms with van der Waals surface area (Å²) in [5, 5.41) is 15.5. The fraction of sp³-hybridized carbons (Fsp3) is 0.600. The maximum Gasteiger partial charge on any atom is 0.407 e. The van der Waals surface area contributed by atoms with E-state index in [0.29, 0.717) is 30.8 Å². The largest absolute Gasteiger partial charge is 0.446 e. The van der Waals surface area contributed by atoms with Crippen molar-refractivity contribution in [1.82, 2.24) is 25.3 Å². The van der Waals surface area contributed by atoms with Gasteiger partial charge in [-0.2, -0.15) is 23.4 Å². The Kier molecular flexibility index (Phi) is 7.19. The highest BCUT2D eigenvalue weighted by atomic mass is 28.1. The van der Waals surface area contributed by atoms with Crippen molar-refractivity contribution in [2.45, 2.75) is 69.3 Å². The first-order chi connectivity index (χ1) is 15.3. The van der Waals surface area contributed by atoms with E-state index >= 15 is 0 Å². The first-order valence-corrected chi connectivity index (χ1v) is 11.0. The van der Waals surface area contributed by atoms with Crippen molar-refractivity contribution in [3.63, 3.8) is 0 Å². The number of hydrogen-bond acceptors (Lipinski definition) is 5. The van der Waals surface area contributed by atoms with Crippen LogP contribution < -0.4 is 10.6 Å². The molecule has 3 N–H and O–H groups in total. The van der Waals surface area contributed by atoms with Crippen molar-refractivity contribution in [3.05, 3.63) is 29.2 Å². The van der Waals surface area contributed by atoms with Gasteiger partial charge in [0, 0.05) is 51.4 Å². The fourth-order valence-corrected chi connectivity index (χ4v) is 4.34. The summed E-state index contributed by atoms with van der Waals surface area (Å²) in [7, 11) is 5.53. The third-order valence-corrected chi connectivity index (χ3v) is 6.42. The quantitative estimate of drug-likeness (QED) is 0.524. The van der Waals surface area contributed by atoms with Crippen LogP contribution in [0.4, 0.5) is 23.8 Å². The Bertz CT molecular complexity index is 1010. The average molecular weight is 484 g/mol. The first-order valence-electron chi connectivity index (χ1n) is 10.5. The second kappa shape index (κ2) is 9.57. The van der Waals surface area contributed by atoms with Gasteiger partial charge in [-0.15, -0.1) is 0 Å². The monoisotopic (exact) mass is 483 g/mol. The smallest absolute Gasteiger partial charge is 0.407 e. The molecule has 2 heterocycles. The van der Waals surface area contributed by atoms with E-state index in [1.807, 2.05) is 6.92 Å². The molecular weight excluding hydrogens is 457 g/mol. The number of aromatic nitrogens is 4. The van der Waals surface area contributed by atoms with Crippen LogP contribution in [0.15, 0.2) is 12.3 Å². The number of anilines is 1. The Morgan fingerprint density at radius 2 is 2.18 bits per heavy atom. The van der Waals surface area contributed by atoms with E-state index in [9.17, 15) is 22.8 Å². The Morgan fingerprint density at radius 3 is 2.82 bits per heavy atom. The molecule has 3 radical (unpaired) electrons. The van der Waals surface area contributed by atoms with Crippen LogP contribution in [0, 0.1) is 6.92 Å². The molecule has 0 aliphatic heterocycles. The number of hydrogen-bond donors (Lipinski definition) is 3. The Hall–Kier alpha value is -2.83. The third-order valence-electron chi connectivity index (χ3n) is 5.69. The number of halogens is 3. The van der Waals surface area contributed by atoms with Crippen LogP contribution in [0.5, 0.6) is 0 Å². The van der Waals surface area contributed by atoms with Crippen LogP contribution in [-0.4, -0.2) is 60.5 Å². The zero-order valence-corrected chi connectivity index (χ0v) is 19.5. The molecule has 0 bridgehead atoms. The summed E-state index contributed by atoms with van der Waals surface area (Å²) in [5.41, 5.74) is 2.42. The van der Waals surface area contributed by atoms with E-state index in [1.165, 1.54) is 6.92 Å². The van der Waals surface area contributed by atoms with Crippen LogP contribution in [0.3, 0.4) is 0 Å². The van der Waals surface area contributed by atoms with Crippen LogP contribution in [0.25, 0.3) is 0 Å². The van der Waals surface area contributed by atoms with Gasteiger partial charge in [-0.3, -0.25) is 14.6 Å². The third kappa shape index (κ3) is 6.59. The molecule has 0 aromatic carbocycles. The molecule has 2 aromatic rings. The summed E-state index contributed by atoms with van der Waals surface area (Å²) in [5.74, 6) is 0.127. The van der Waals surface area contributed by atoms with Crippen molar-refractivity contribution in [2.24, 2.45) is 7.05 Å². The lowest BCUT2D eigenvalue weighted by Crippen LogP contribution is -2.38. The highest BCUT2D eigenvalue weighted by molar-refractivity contribution is 6.16. The molecule has 2 aromatic heterocycles. The molecule has 0 spiro atoms. The van der Waals surface area contributed by atoms with E-state index in [1.54, 1.807) is 24.0 Å². The molecule has 1 aliphatic rings. The van der Waals surface area contributed by atoms with Crippen molar-refractivity contribution < 1.29 is 27.5 Å². The lowest BCUT2D eigenvalue weighted by atomic mass is 10.0. The molecule has 2 unspecified atom stereocenters. The molecule has 3 rings (SSSR count). The number of alkyl halides is 3. The van der Waals surface area contributed by atoms with Crippen molar-refractivity contribution in [2.75, 3.05) is 5.32 Å². The van der Waals surface area contributed by atoms with Crippen LogP contribution in [0.2, 0.25) is 0 Å². The van der Waals surface area contributed by atoms with Gasteiger partial charge in [-0.1, -0.05) is 0 Å². The molecule has 1 aliphatic carbocycles. The predicted molar refractivity (Wildman–Crippen MR) is 114 cm³/mol. The van der Waals surface area contributed by atoms with Gasteiger partial charge in [-0.05, 0) is 33.1 Å². The Balaban J connectivity index is 1.52. The summed E-state index contributed by atoms with van der Waals surface area (Å²) < 4.78 is 44.3. The standard InChI is InChI=1S/C20H26F3N6O3Si/c1-11(8-20(21,22)23)25-18(31)32-14-4-5-19(33,9-14)15-7-16(28-27-15)26-17(30)6-13-10-24-29(3)12(13)2/h7,10-11,14H,4-6,8-9H2,1-3H3,(H,25,31)(H2,26,27,28,30)/t11?,14?,19-/m1/s1. The second-order valence-electron chi connectivity index (χ2n) is 8.49. The van der Waals surface area contributed by atoms with Crippen LogP contribution in [0.1, 0.15) is 49.6 Å². The van der Waals surface area contributed by atoms with Gasteiger partial charge < -0.3 is 15.4 Å². The van der Waals surface area contributed by atoms with Crippen molar-refractivity contribution in [3.8, 4) is 0 Å². The number of H-pyrrole nitrogens is 1. The summed E-state index contributed by atoms with van der Waals surface area (Å²) in [6.45, 7) is 3.15. The predicted octanol–water partition coefficient (Wildman–Crippen LogP) is 2.62. The number of aryl methyl sites for hydroxylation is 1. The van der Waals surface area contributed by atoms with E-state index in [-0.39, 0.29) is 12.3 Å². The van der Waals surface area contributed by atoms with Crippen LogP contribution >= 0.6 is 0 Å².